The Labute approximate surface area is 204 Å². The van der Waals surface area contributed by atoms with Crippen molar-refractivity contribution in [2.24, 2.45) is 5.92 Å². The molecule has 2 aliphatic carbocycles. The molecule has 6 atom stereocenters. The number of fused-ring (bicyclic) bond motifs is 6. The first kappa shape index (κ1) is 22.4. The number of amides is 1. The van der Waals surface area contributed by atoms with Gasteiger partial charge < -0.3 is 10.0 Å². The van der Waals surface area contributed by atoms with Crippen LogP contribution in [0.15, 0.2) is 59.9 Å². The van der Waals surface area contributed by atoms with Gasteiger partial charge in [0.2, 0.25) is 5.91 Å². The van der Waals surface area contributed by atoms with Crippen molar-refractivity contribution in [3.63, 3.8) is 0 Å². The Bertz CT molecular complexity index is 936. The van der Waals surface area contributed by atoms with Gasteiger partial charge in [-0.15, -0.1) is 6.58 Å². The molecule has 6 aliphatic rings. The lowest BCUT2D eigenvalue weighted by molar-refractivity contribution is -0.132. The Hall–Kier alpha value is -2.11. The molecule has 0 radical (unpaired) electrons. The molecule has 4 aliphatic heterocycles. The van der Waals surface area contributed by atoms with Crippen molar-refractivity contribution in [1.82, 2.24) is 14.7 Å². The number of rotatable bonds is 6. The van der Waals surface area contributed by atoms with E-state index in [4.69, 9.17) is 0 Å². The highest BCUT2D eigenvalue weighted by molar-refractivity contribution is 5.81. The molecular formula is C29H39N3O2. The Kier molecular flexibility index (Phi) is 6.02. The number of hydrogen-bond acceptors (Lipinski definition) is 4. The number of nitrogens with zero attached hydrogens (tertiary/aromatic N) is 3. The molecule has 5 nitrogen and oxygen atoms in total. The molecule has 0 aromatic rings. The maximum Gasteiger partial charge on any atom is 0.229 e. The summed E-state index contributed by atoms with van der Waals surface area (Å²) in [6, 6.07) is 2.54. The van der Waals surface area contributed by atoms with Crippen LogP contribution in [0.3, 0.4) is 0 Å². The summed E-state index contributed by atoms with van der Waals surface area (Å²) in [5.41, 5.74) is 2.67. The van der Waals surface area contributed by atoms with E-state index in [1.54, 1.807) is 0 Å². The van der Waals surface area contributed by atoms with Crippen molar-refractivity contribution in [2.75, 3.05) is 19.6 Å². The third kappa shape index (κ3) is 3.72. The maximum atomic E-state index is 13.0. The van der Waals surface area contributed by atoms with Crippen LogP contribution < -0.4 is 0 Å². The number of likely N-dealkylation sites (tertiary alicyclic amines) is 1. The largest absolute Gasteiger partial charge is 0.508 e. The summed E-state index contributed by atoms with van der Waals surface area (Å²) in [6.45, 7) is 6.87. The normalized spacial score (nSPS) is 36.3. The van der Waals surface area contributed by atoms with Crippen LogP contribution in [0.5, 0.6) is 0 Å². The Morgan fingerprint density at radius 2 is 1.79 bits per heavy atom. The molecule has 4 bridgehead atoms. The zero-order chi connectivity index (χ0) is 23.2. The van der Waals surface area contributed by atoms with Crippen molar-refractivity contribution in [3.8, 4) is 0 Å². The van der Waals surface area contributed by atoms with Gasteiger partial charge in [-0.3, -0.25) is 14.6 Å². The summed E-state index contributed by atoms with van der Waals surface area (Å²) < 4.78 is 0. The Morgan fingerprint density at radius 3 is 2.41 bits per heavy atom. The van der Waals surface area contributed by atoms with Crippen LogP contribution in [-0.2, 0) is 4.79 Å². The standard InChI is InChI=1S/C29H39N3O2/c1-2-16-31-24-12-13-25(31)27-15-14-26(24)32(27)28(22-6-5-7-23(33)19-22)20-8-10-21(11-9-20)29(34)30-17-3-4-18-30/h2,7-10,19,21,24-28,33H,1,3-6,11-18H2. The van der Waals surface area contributed by atoms with Crippen LogP contribution in [0, 0.1) is 5.92 Å². The molecular weight excluding hydrogens is 422 g/mol. The van der Waals surface area contributed by atoms with Crippen molar-refractivity contribution < 1.29 is 9.90 Å². The van der Waals surface area contributed by atoms with E-state index in [2.05, 4.69) is 45.6 Å². The first-order valence-corrected chi connectivity index (χ1v) is 13.6. The lowest BCUT2D eigenvalue weighted by Gasteiger charge is -2.51. The number of aliphatic hydroxyl groups is 1. The van der Waals surface area contributed by atoms with Crippen molar-refractivity contribution in [3.05, 3.63) is 59.9 Å². The summed E-state index contributed by atoms with van der Waals surface area (Å²) in [6.07, 6.45) is 22.9. The van der Waals surface area contributed by atoms with E-state index in [9.17, 15) is 9.90 Å². The lowest BCUT2D eigenvalue weighted by atomic mass is 9.84. The molecule has 0 saturated carbocycles. The molecule has 6 rings (SSSR count). The number of allylic oxidation sites excluding steroid dienone is 3. The summed E-state index contributed by atoms with van der Waals surface area (Å²) in [4.78, 5) is 20.6. The first-order chi connectivity index (χ1) is 16.7. The van der Waals surface area contributed by atoms with Gasteiger partial charge in [0.05, 0.1) is 12.0 Å². The number of carbonyl (C=O) groups excluding carboxylic acids is 1. The third-order valence-corrected chi connectivity index (χ3v) is 9.31. The predicted octanol–water partition coefficient (Wildman–Crippen LogP) is 4.51. The molecule has 4 saturated heterocycles. The van der Waals surface area contributed by atoms with Gasteiger partial charge in [-0.2, -0.15) is 0 Å². The van der Waals surface area contributed by atoms with Gasteiger partial charge in [0.15, 0.2) is 0 Å². The van der Waals surface area contributed by atoms with Gasteiger partial charge in [-0.1, -0.05) is 24.3 Å². The van der Waals surface area contributed by atoms with Crippen LogP contribution in [0.2, 0.25) is 0 Å². The minimum Gasteiger partial charge on any atom is -0.508 e. The highest BCUT2D eigenvalue weighted by Crippen LogP contribution is 2.49. The average molecular weight is 462 g/mol. The molecule has 5 heteroatoms. The zero-order valence-electron chi connectivity index (χ0n) is 20.3. The Balaban J connectivity index is 1.30. The van der Waals surface area contributed by atoms with E-state index in [1.807, 2.05) is 12.2 Å². The monoisotopic (exact) mass is 461 g/mol. The second-order valence-corrected chi connectivity index (χ2v) is 11.1. The van der Waals surface area contributed by atoms with Crippen molar-refractivity contribution in [2.45, 2.75) is 88.0 Å². The van der Waals surface area contributed by atoms with Crippen LogP contribution >= 0.6 is 0 Å². The lowest BCUT2D eigenvalue weighted by Crippen LogP contribution is -2.63. The Morgan fingerprint density at radius 1 is 1.09 bits per heavy atom. The summed E-state index contributed by atoms with van der Waals surface area (Å²) >= 11 is 0. The van der Waals surface area contributed by atoms with E-state index in [1.165, 1.54) is 36.8 Å². The maximum absolute atomic E-state index is 13.0. The van der Waals surface area contributed by atoms with Gasteiger partial charge in [0.25, 0.3) is 0 Å². The topological polar surface area (TPSA) is 47.0 Å². The predicted molar refractivity (Wildman–Crippen MR) is 135 cm³/mol. The summed E-state index contributed by atoms with van der Waals surface area (Å²) in [5.74, 6) is 0.692. The molecule has 6 unspecified atom stereocenters. The average Bonchev–Trinajstić information content (AvgIpc) is 3.55. The van der Waals surface area contributed by atoms with Crippen LogP contribution in [0.4, 0.5) is 0 Å². The molecule has 182 valence electrons. The molecule has 1 amide bonds. The molecule has 4 heterocycles. The van der Waals surface area contributed by atoms with E-state index < -0.39 is 0 Å². The zero-order valence-corrected chi connectivity index (χ0v) is 20.3. The van der Waals surface area contributed by atoms with Gasteiger partial charge in [0.1, 0.15) is 5.76 Å². The number of aliphatic hydroxyl groups excluding tert-OH is 1. The van der Waals surface area contributed by atoms with Crippen molar-refractivity contribution >= 4 is 5.91 Å². The first-order valence-electron chi connectivity index (χ1n) is 13.6. The fourth-order valence-corrected chi connectivity index (χ4v) is 7.91. The van der Waals surface area contributed by atoms with Gasteiger partial charge >= 0.3 is 0 Å². The van der Waals surface area contributed by atoms with Crippen LogP contribution in [-0.4, -0.2) is 75.6 Å². The molecule has 1 N–H and O–H groups in total. The molecule has 34 heavy (non-hydrogen) atoms. The SMILES string of the molecule is C=CCN1C2CCC1C1CCC2N1C(C1=CCC(C(=O)N2CCCC2)C=C1)C1=CC(O)=CCC1. The second kappa shape index (κ2) is 9.16. The fourth-order valence-electron chi connectivity index (χ4n) is 7.91. The molecule has 0 aromatic heterocycles. The van der Waals surface area contributed by atoms with E-state index in [0.717, 1.165) is 51.7 Å². The van der Waals surface area contributed by atoms with Crippen LogP contribution in [0.25, 0.3) is 0 Å². The highest BCUT2D eigenvalue weighted by Gasteiger charge is 2.56. The summed E-state index contributed by atoms with van der Waals surface area (Å²) in [5, 5.41) is 10.4. The minimum absolute atomic E-state index is 0.0199. The number of hydrogen-bond donors (Lipinski definition) is 1. The number of carbonyl (C=O) groups is 1. The number of piperazine rings is 1. The smallest absolute Gasteiger partial charge is 0.229 e. The quantitative estimate of drug-likeness (QED) is 0.592. The van der Waals surface area contributed by atoms with E-state index in [-0.39, 0.29) is 12.0 Å². The van der Waals surface area contributed by atoms with Crippen LogP contribution in [0.1, 0.15) is 57.8 Å². The van der Waals surface area contributed by atoms with Gasteiger partial charge in [0, 0.05) is 43.8 Å². The second-order valence-electron chi connectivity index (χ2n) is 11.1. The van der Waals surface area contributed by atoms with E-state index >= 15 is 0 Å². The van der Waals surface area contributed by atoms with Crippen molar-refractivity contribution in [1.29, 1.82) is 0 Å². The fraction of sp³-hybridized carbons (Fsp3) is 0.621. The van der Waals surface area contributed by atoms with Gasteiger partial charge in [-0.05, 0) is 81.1 Å². The third-order valence-electron chi connectivity index (χ3n) is 9.31. The minimum atomic E-state index is -0.0199. The van der Waals surface area contributed by atoms with E-state index in [0.29, 0.717) is 35.8 Å². The molecule has 0 spiro atoms. The summed E-state index contributed by atoms with van der Waals surface area (Å²) in [7, 11) is 0. The highest BCUT2D eigenvalue weighted by atomic mass is 16.3. The van der Waals surface area contributed by atoms with Gasteiger partial charge in [-0.25, -0.2) is 0 Å². The molecule has 4 fully saturated rings. The molecule has 0 aromatic carbocycles.